The zero-order valence-electron chi connectivity index (χ0n) is 11.1. The molecular formula is C13H17N3O3. The highest BCUT2D eigenvalue weighted by Gasteiger charge is 2.13. The Balaban J connectivity index is 2.93. The standard InChI is InChI=1S/C13H17N3O3/c1-3-15(8-4-7-14)10-11-9-12(16(17)18)5-6-13(11)19-2/h5-6,9H,3-4,8,10H2,1-2H3. The molecule has 0 bridgehead atoms. The average Bonchev–Trinajstić information content (AvgIpc) is 2.43. The fourth-order valence-electron chi connectivity index (χ4n) is 1.80. The smallest absolute Gasteiger partial charge is 0.270 e. The van der Waals surface area contributed by atoms with E-state index in [0.29, 0.717) is 25.3 Å². The largest absolute Gasteiger partial charge is 0.496 e. The van der Waals surface area contributed by atoms with Crippen molar-refractivity contribution in [1.82, 2.24) is 4.90 Å². The van der Waals surface area contributed by atoms with Gasteiger partial charge in [-0.05, 0) is 12.6 Å². The molecule has 102 valence electrons. The van der Waals surface area contributed by atoms with Crippen molar-refractivity contribution in [3.8, 4) is 11.8 Å². The number of hydrogen-bond donors (Lipinski definition) is 0. The predicted molar refractivity (Wildman–Crippen MR) is 70.8 cm³/mol. The Kier molecular flexibility index (Phi) is 5.76. The van der Waals surface area contributed by atoms with Gasteiger partial charge in [0.05, 0.1) is 18.1 Å². The highest BCUT2D eigenvalue weighted by Crippen LogP contribution is 2.25. The van der Waals surface area contributed by atoms with Crippen LogP contribution in [0.2, 0.25) is 0 Å². The van der Waals surface area contributed by atoms with Crippen LogP contribution in [0, 0.1) is 21.4 Å². The fourth-order valence-corrected chi connectivity index (χ4v) is 1.80. The Morgan fingerprint density at radius 2 is 2.26 bits per heavy atom. The SMILES string of the molecule is CCN(CCC#N)Cc1cc([N+](=O)[O-])ccc1OC. The quantitative estimate of drug-likeness (QED) is 0.557. The van der Waals surface area contributed by atoms with Crippen LogP contribution in [0.5, 0.6) is 5.75 Å². The summed E-state index contributed by atoms with van der Waals surface area (Å²) in [6, 6.07) is 6.64. The maximum absolute atomic E-state index is 10.8. The summed E-state index contributed by atoms with van der Waals surface area (Å²) in [5, 5.41) is 19.4. The molecule has 0 aromatic heterocycles. The van der Waals surface area contributed by atoms with E-state index < -0.39 is 4.92 Å². The molecule has 0 amide bonds. The van der Waals surface area contributed by atoms with Gasteiger partial charge >= 0.3 is 0 Å². The summed E-state index contributed by atoms with van der Waals surface area (Å²) in [7, 11) is 1.54. The zero-order chi connectivity index (χ0) is 14.3. The molecule has 0 radical (unpaired) electrons. The van der Waals surface area contributed by atoms with Gasteiger partial charge in [0.2, 0.25) is 0 Å². The molecule has 6 nitrogen and oxygen atoms in total. The number of non-ortho nitro benzene ring substituents is 1. The summed E-state index contributed by atoms with van der Waals surface area (Å²) in [6.07, 6.45) is 0.436. The molecule has 1 aromatic rings. The molecule has 0 unspecified atom stereocenters. The summed E-state index contributed by atoms with van der Waals surface area (Å²) in [4.78, 5) is 12.4. The third-order valence-corrected chi connectivity index (χ3v) is 2.86. The normalized spacial score (nSPS) is 10.2. The lowest BCUT2D eigenvalue weighted by Gasteiger charge is -2.20. The van der Waals surface area contributed by atoms with Crippen LogP contribution in [0.1, 0.15) is 18.9 Å². The summed E-state index contributed by atoms with van der Waals surface area (Å²) in [5.74, 6) is 0.626. The van der Waals surface area contributed by atoms with Crippen molar-refractivity contribution in [2.75, 3.05) is 20.2 Å². The molecule has 0 saturated heterocycles. The number of nitro groups is 1. The van der Waals surface area contributed by atoms with Crippen molar-refractivity contribution in [3.63, 3.8) is 0 Å². The number of hydrogen-bond acceptors (Lipinski definition) is 5. The molecule has 19 heavy (non-hydrogen) atoms. The lowest BCUT2D eigenvalue weighted by molar-refractivity contribution is -0.384. The molecular weight excluding hydrogens is 246 g/mol. The van der Waals surface area contributed by atoms with Gasteiger partial charge in [-0.15, -0.1) is 0 Å². The monoisotopic (exact) mass is 263 g/mol. The summed E-state index contributed by atoms with van der Waals surface area (Å²) in [6.45, 7) is 3.93. The third-order valence-electron chi connectivity index (χ3n) is 2.86. The fraction of sp³-hybridized carbons (Fsp3) is 0.462. The Morgan fingerprint density at radius 3 is 2.79 bits per heavy atom. The topological polar surface area (TPSA) is 79.4 Å². The van der Waals surface area contributed by atoms with E-state index >= 15 is 0 Å². The van der Waals surface area contributed by atoms with Crippen molar-refractivity contribution in [1.29, 1.82) is 5.26 Å². The molecule has 6 heteroatoms. The number of nitro benzene ring substituents is 1. The summed E-state index contributed by atoms with van der Waals surface area (Å²) >= 11 is 0. The number of methoxy groups -OCH3 is 1. The maximum atomic E-state index is 10.8. The second kappa shape index (κ2) is 7.34. The van der Waals surface area contributed by atoms with Crippen molar-refractivity contribution >= 4 is 5.69 Å². The molecule has 0 fully saturated rings. The first-order chi connectivity index (χ1) is 9.12. The Morgan fingerprint density at radius 1 is 1.53 bits per heavy atom. The van der Waals surface area contributed by atoms with Gasteiger partial charge in [-0.2, -0.15) is 5.26 Å². The minimum atomic E-state index is -0.422. The lowest BCUT2D eigenvalue weighted by Crippen LogP contribution is -2.24. The van der Waals surface area contributed by atoms with Crippen molar-refractivity contribution in [3.05, 3.63) is 33.9 Å². The van der Waals surface area contributed by atoms with E-state index in [1.807, 2.05) is 11.8 Å². The van der Waals surface area contributed by atoms with Gasteiger partial charge in [-0.25, -0.2) is 0 Å². The van der Waals surface area contributed by atoms with Gasteiger partial charge in [0.15, 0.2) is 0 Å². The van der Waals surface area contributed by atoms with E-state index in [0.717, 1.165) is 12.1 Å². The van der Waals surface area contributed by atoms with E-state index in [2.05, 4.69) is 6.07 Å². The molecule has 0 saturated carbocycles. The lowest BCUT2D eigenvalue weighted by atomic mass is 10.1. The van der Waals surface area contributed by atoms with Crippen LogP contribution in [-0.4, -0.2) is 30.0 Å². The van der Waals surface area contributed by atoms with Gasteiger partial charge < -0.3 is 4.74 Å². The molecule has 0 aliphatic carbocycles. The first kappa shape index (κ1) is 14.9. The average molecular weight is 263 g/mol. The first-order valence-electron chi connectivity index (χ1n) is 6.03. The van der Waals surface area contributed by atoms with Crippen molar-refractivity contribution < 1.29 is 9.66 Å². The van der Waals surface area contributed by atoms with Crippen LogP contribution in [-0.2, 0) is 6.54 Å². The second-order valence-electron chi connectivity index (χ2n) is 4.03. The van der Waals surface area contributed by atoms with Gasteiger partial charge in [0, 0.05) is 37.2 Å². The van der Waals surface area contributed by atoms with Crippen LogP contribution in [0.4, 0.5) is 5.69 Å². The zero-order valence-corrected chi connectivity index (χ0v) is 11.1. The Hall–Kier alpha value is -2.13. The number of nitrogens with zero attached hydrogens (tertiary/aromatic N) is 3. The third kappa shape index (κ3) is 4.23. The number of benzene rings is 1. The van der Waals surface area contributed by atoms with E-state index in [4.69, 9.17) is 10.00 Å². The molecule has 0 heterocycles. The highest BCUT2D eigenvalue weighted by molar-refractivity contribution is 5.43. The number of ether oxygens (including phenoxy) is 1. The maximum Gasteiger partial charge on any atom is 0.270 e. The van der Waals surface area contributed by atoms with Crippen LogP contribution >= 0.6 is 0 Å². The van der Waals surface area contributed by atoms with Crippen LogP contribution in [0.3, 0.4) is 0 Å². The molecule has 1 rings (SSSR count). The molecule has 0 atom stereocenters. The van der Waals surface area contributed by atoms with E-state index in [1.165, 1.54) is 19.2 Å². The minimum absolute atomic E-state index is 0.0483. The molecule has 0 aliphatic heterocycles. The summed E-state index contributed by atoms with van der Waals surface area (Å²) in [5.41, 5.74) is 0.809. The highest BCUT2D eigenvalue weighted by atomic mass is 16.6. The van der Waals surface area contributed by atoms with Gasteiger partial charge in [0.25, 0.3) is 5.69 Å². The van der Waals surface area contributed by atoms with Crippen molar-refractivity contribution in [2.24, 2.45) is 0 Å². The van der Waals surface area contributed by atoms with Crippen LogP contribution in [0.25, 0.3) is 0 Å². The van der Waals surface area contributed by atoms with Gasteiger partial charge in [-0.1, -0.05) is 6.92 Å². The number of nitriles is 1. The Bertz CT molecular complexity index is 483. The molecule has 0 N–H and O–H groups in total. The van der Waals surface area contributed by atoms with Crippen LogP contribution < -0.4 is 4.74 Å². The Labute approximate surface area is 112 Å². The van der Waals surface area contributed by atoms with Gasteiger partial charge in [0.1, 0.15) is 5.75 Å². The predicted octanol–water partition coefficient (Wildman–Crippen LogP) is 2.34. The summed E-state index contributed by atoms with van der Waals surface area (Å²) < 4.78 is 5.22. The minimum Gasteiger partial charge on any atom is -0.496 e. The number of rotatable bonds is 7. The second-order valence-corrected chi connectivity index (χ2v) is 4.03. The molecule has 0 spiro atoms. The van der Waals surface area contributed by atoms with Crippen molar-refractivity contribution in [2.45, 2.75) is 19.9 Å². The first-order valence-corrected chi connectivity index (χ1v) is 6.03. The molecule has 0 aliphatic rings. The van der Waals surface area contributed by atoms with Gasteiger partial charge in [-0.3, -0.25) is 15.0 Å². The van der Waals surface area contributed by atoms with E-state index in [-0.39, 0.29) is 5.69 Å². The van der Waals surface area contributed by atoms with E-state index in [9.17, 15) is 10.1 Å². The van der Waals surface area contributed by atoms with E-state index in [1.54, 1.807) is 6.07 Å². The van der Waals surface area contributed by atoms with Crippen LogP contribution in [0.15, 0.2) is 18.2 Å². The molecule has 1 aromatic carbocycles.